The molecule has 1 saturated carbocycles. The maximum atomic E-state index is 10.3. The fraction of sp³-hybridized carbons (Fsp3) is 0.733. The summed E-state index contributed by atoms with van der Waals surface area (Å²) in [5.74, 6) is -0.866. The summed E-state index contributed by atoms with van der Waals surface area (Å²) in [5, 5.41) is 21.0. The van der Waals surface area contributed by atoms with Gasteiger partial charge in [0.25, 0.3) is 5.97 Å². The van der Waals surface area contributed by atoms with Crippen LogP contribution >= 0.6 is 0 Å². The molecule has 0 saturated heterocycles. The van der Waals surface area contributed by atoms with Gasteiger partial charge >= 0.3 is 17.1 Å². The van der Waals surface area contributed by atoms with Crippen LogP contribution in [0, 0.1) is 0 Å². The van der Waals surface area contributed by atoms with Crippen LogP contribution in [0.4, 0.5) is 0 Å². The second-order valence-corrected chi connectivity index (χ2v) is 5.13. The van der Waals surface area contributed by atoms with E-state index >= 15 is 0 Å². The average Bonchev–Trinajstić information content (AvgIpc) is 2.25. The zero-order valence-electron chi connectivity index (χ0n) is 12.8. The topological polar surface area (TPSA) is 88.7 Å². The molecule has 0 aliphatic heterocycles. The summed E-state index contributed by atoms with van der Waals surface area (Å²) < 4.78 is 0. The standard InChI is InChI=1S/C10H18NO2.C5H8O2.Cu/c12-10(13)8-11-9-6-4-2-1-3-5-7-9;1-4(6)3-5(2)7;/h9H,1-8H2,(H,12,13);3,6H,1-2H3;/q-1;;+1. The zero-order chi connectivity index (χ0) is 15.4. The van der Waals surface area contributed by atoms with E-state index in [4.69, 9.17) is 10.2 Å². The molecule has 1 aliphatic carbocycles. The van der Waals surface area contributed by atoms with Crippen molar-refractivity contribution in [3.8, 4) is 0 Å². The van der Waals surface area contributed by atoms with Crippen LogP contribution in [0.3, 0.4) is 0 Å². The predicted octanol–water partition coefficient (Wildman–Crippen LogP) is 3.59. The van der Waals surface area contributed by atoms with Crippen LogP contribution < -0.4 is 0 Å². The predicted molar refractivity (Wildman–Crippen MR) is 79.0 cm³/mol. The minimum absolute atomic E-state index is 0. The molecule has 0 heterocycles. The van der Waals surface area contributed by atoms with Gasteiger partial charge in [-0.25, -0.2) is 0 Å². The van der Waals surface area contributed by atoms with Gasteiger partial charge in [0.05, 0.1) is 5.76 Å². The average molecular weight is 348 g/mol. The molecule has 5 nitrogen and oxygen atoms in total. The second-order valence-electron chi connectivity index (χ2n) is 5.13. The van der Waals surface area contributed by atoms with E-state index < -0.39 is 5.97 Å². The maximum Gasteiger partial charge on any atom is 1.00 e. The van der Waals surface area contributed by atoms with Crippen molar-refractivity contribution in [3.05, 3.63) is 17.2 Å². The number of carbonyl (C=O) groups excluding carboxylic acids is 1. The third-order valence-electron chi connectivity index (χ3n) is 2.97. The minimum Gasteiger partial charge on any atom is -0.650 e. The molecule has 0 spiro atoms. The fourth-order valence-electron chi connectivity index (χ4n) is 2.12. The van der Waals surface area contributed by atoms with Crippen LogP contribution in [-0.4, -0.2) is 34.6 Å². The number of nitrogens with zero attached hydrogens (tertiary/aromatic N) is 1. The van der Waals surface area contributed by atoms with Gasteiger partial charge in [0.2, 0.25) is 0 Å². The van der Waals surface area contributed by atoms with E-state index in [2.05, 4.69) is 5.32 Å². The summed E-state index contributed by atoms with van der Waals surface area (Å²) >= 11 is 0. The number of hydrogen-bond donors (Lipinski definition) is 2. The number of hydrogen-bond acceptors (Lipinski definition) is 3. The Morgan fingerprint density at radius 1 is 1.05 bits per heavy atom. The monoisotopic (exact) mass is 347 g/mol. The molecule has 0 bridgehead atoms. The number of rotatable bonds is 4. The van der Waals surface area contributed by atoms with Gasteiger partial charge < -0.3 is 15.5 Å². The van der Waals surface area contributed by atoms with Gasteiger partial charge in [-0.05, 0) is 20.4 Å². The summed E-state index contributed by atoms with van der Waals surface area (Å²) in [4.78, 5) is 20.3. The molecule has 6 heteroatoms. The van der Waals surface area contributed by atoms with Gasteiger partial charge in [0.15, 0.2) is 5.78 Å². The van der Waals surface area contributed by atoms with E-state index in [9.17, 15) is 9.59 Å². The molecule has 21 heavy (non-hydrogen) atoms. The van der Waals surface area contributed by atoms with Gasteiger partial charge in [-0.2, -0.15) is 0 Å². The Morgan fingerprint density at radius 3 is 1.86 bits per heavy atom. The molecule has 1 fully saturated rings. The Morgan fingerprint density at radius 2 is 1.52 bits per heavy atom. The minimum atomic E-state index is -0.804. The molecular formula is C15H26CuNO4. The molecule has 0 amide bonds. The molecule has 0 aromatic carbocycles. The van der Waals surface area contributed by atoms with Crippen molar-refractivity contribution in [3.63, 3.8) is 0 Å². The Bertz CT molecular complexity index is 320. The summed E-state index contributed by atoms with van der Waals surface area (Å²) in [6.07, 6.45) is 9.70. The molecule has 1 rings (SSSR count). The van der Waals surface area contributed by atoms with Crippen molar-refractivity contribution in [2.45, 2.75) is 64.8 Å². The van der Waals surface area contributed by atoms with Gasteiger partial charge in [-0.1, -0.05) is 44.9 Å². The molecular weight excluding hydrogens is 322 g/mol. The molecule has 0 unspecified atom stereocenters. The number of ketones is 1. The van der Waals surface area contributed by atoms with Crippen molar-refractivity contribution in [1.82, 2.24) is 0 Å². The molecule has 0 radical (unpaired) electrons. The number of carboxylic acid groups (broad SMARTS) is 1. The second kappa shape index (κ2) is 14.1. The van der Waals surface area contributed by atoms with Crippen LogP contribution in [0.1, 0.15) is 58.8 Å². The van der Waals surface area contributed by atoms with Crippen molar-refractivity contribution in [1.29, 1.82) is 0 Å². The fourth-order valence-corrected chi connectivity index (χ4v) is 2.12. The van der Waals surface area contributed by atoms with Gasteiger partial charge in [0, 0.05) is 6.08 Å². The first-order valence-corrected chi connectivity index (χ1v) is 7.18. The number of allylic oxidation sites excluding steroid dienone is 2. The molecule has 2 N–H and O–H groups in total. The number of aliphatic hydroxyl groups excluding tert-OH is 1. The molecule has 0 atom stereocenters. The Hall–Kier alpha value is -0.841. The van der Waals surface area contributed by atoms with Gasteiger partial charge in [-0.3, -0.25) is 9.59 Å². The van der Waals surface area contributed by atoms with Crippen molar-refractivity contribution >= 4 is 11.8 Å². The van der Waals surface area contributed by atoms with Crippen LogP contribution in [0.25, 0.3) is 5.32 Å². The maximum absolute atomic E-state index is 10.3. The van der Waals surface area contributed by atoms with Crippen LogP contribution in [0.5, 0.6) is 0 Å². The third-order valence-corrected chi connectivity index (χ3v) is 2.97. The van der Waals surface area contributed by atoms with Crippen LogP contribution in [0.15, 0.2) is 11.8 Å². The van der Waals surface area contributed by atoms with E-state index in [0.29, 0.717) is 6.04 Å². The Kier molecular flexibility index (Phi) is 15.1. The van der Waals surface area contributed by atoms with Crippen molar-refractivity contribution in [2.75, 3.05) is 6.54 Å². The normalized spacial score (nSPS) is 16.6. The first-order chi connectivity index (χ1) is 9.41. The number of carboxylic acids is 1. The first kappa shape index (κ1) is 22.4. The third kappa shape index (κ3) is 17.1. The molecule has 1 aliphatic rings. The summed E-state index contributed by atoms with van der Waals surface area (Å²) in [6, 6.07) is 0.316. The summed E-state index contributed by atoms with van der Waals surface area (Å²) in [7, 11) is 0. The number of aliphatic hydroxyl groups is 1. The van der Waals surface area contributed by atoms with Crippen molar-refractivity contribution in [2.24, 2.45) is 0 Å². The SMILES string of the molecule is CC(=O)C=C(C)O.O=C(O)C[N-]C1CCCCCCC1.[Cu+]. The molecule has 0 aromatic heterocycles. The van der Waals surface area contributed by atoms with Crippen molar-refractivity contribution < 1.29 is 36.9 Å². The summed E-state index contributed by atoms with van der Waals surface area (Å²) in [6.45, 7) is 2.84. The Labute approximate surface area is 137 Å². The van der Waals surface area contributed by atoms with Gasteiger partial charge in [0.1, 0.15) is 0 Å². The largest absolute Gasteiger partial charge is 1.00 e. The van der Waals surface area contributed by atoms with E-state index in [1.807, 2.05) is 0 Å². The van der Waals surface area contributed by atoms with Crippen LogP contribution in [0.2, 0.25) is 0 Å². The van der Waals surface area contributed by atoms with Gasteiger partial charge in [-0.15, -0.1) is 6.04 Å². The smallest absolute Gasteiger partial charge is 0.650 e. The number of carbonyl (C=O) groups is 2. The zero-order valence-corrected chi connectivity index (χ0v) is 13.7. The van der Waals surface area contributed by atoms with E-state index in [1.165, 1.54) is 52.0 Å². The molecule has 0 aromatic rings. The Balaban J connectivity index is 0. The quantitative estimate of drug-likeness (QED) is 0.462. The van der Waals surface area contributed by atoms with Crippen LogP contribution in [-0.2, 0) is 26.7 Å². The molecule has 126 valence electrons. The summed E-state index contributed by atoms with van der Waals surface area (Å²) in [5.41, 5.74) is 0. The van der Waals surface area contributed by atoms with E-state index in [-0.39, 0.29) is 35.2 Å². The van der Waals surface area contributed by atoms with E-state index in [0.717, 1.165) is 12.8 Å². The number of aliphatic carboxylic acids is 1. The van der Waals surface area contributed by atoms with E-state index in [1.54, 1.807) is 0 Å². The first-order valence-electron chi connectivity index (χ1n) is 7.18.